The molecule has 1 aromatic carbocycles. The molecule has 0 radical (unpaired) electrons. The zero-order valence-electron chi connectivity index (χ0n) is 7.82. The smallest absolute Gasteiger partial charge is 0.0575 e. The zero-order valence-corrected chi connectivity index (χ0v) is 7.82. The van der Waals surface area contributed by atoms with E-state index >= 15 is 0 Å². The highest BCUT2D eigenvalue weighted by atomic mass is 15.2. The Kier molecular flexibility index (Phi) is 2.62. The lowest BCUT2D eigenvalue weighted by molar-refractivity contribution is 0.250. The van der Waals surface area contributed by atoms with Crippen molar-refractivity contribution in [2.75, 3.05) is 6.54 Å². The second kappa shape index (κ2) is 3.90. The van der Waals surface area contributed by atoms with Crippen LogP contribution in [0.15, 0.2) is 30.3 Å². The highest BCUT2D eigenvalue weighted by molar-refractivity contribution is 5.14. The minimum atomic E-state index is 0.278. The molecule has 1 atom stereocenters. The van der Waals surface area contributed by atoms with Gasteiger partial charge in [0, 0.05) is 13.1 Å². The standard InChI is InChI=1S/C11H16N2/c12-11-7-4-8-13(11)9-10-5-2-1-3-6-10/h1-3,5-6,11H,4,7-9,12H2. The van der Waals surface area contributed by atoms with Crippen LogP contribution in [-0.4, -0.2) is 17.6 Å². The van der Waals surface area contributed by atoms with Crippen molar-refractivity contribution < 1.29 is 0 Å². The van der Waals surface area contributed by atoms with Gasteiger partial charge in [0.2, 0.25) is 0 Å². The molecule has 1 aliphatic heterocycles. The van der Waals surface area contributed by atoms with E-state index in [9.17, 15) is 0 Å². The van der Waals surface area contributed by atoms with Gasteiger partial charge in [0.15, 0.2) is 0 Å². The van der Waals surface area contributed by atoms with Gasteiger partial charge in [-0.25, -0.2) is 0 Å². The van der Waals surface area contributed by atoms with Gasteiger partial charge in [-0.1, -0.05) is 30.3 Å². The molecule has 0 saturated carbocycles. The Morgan fingerprint density at radius 2 is 2.08 bits per heavy atom. The topological polar surface area (TPSA) is 29.3 Å². The van der Waals surface area contributed by atoms with E-state index in [0.29, 0.717) is 0 Å². The average Bonchev–Trinajstić information content (AvgIpc) is 2.54. The van der Waals surface area contributed by atoms with Crippen molar-refractivity contribution in [3.05, 3.63) is 35.9 Å². The Labute approximate surface area is 79.4 Å². The molecule has 0 spiro atoms. The molecule has 0 bridgehead atoms. The maximum absolute atomic E-state index is 5.95. The summed E-state index contributed by atoms with van der Waals surface area (Å²) in [5.41, 5.74) is 7.31. The minimum Gasteiger partial charge on any atom is -0.316 e. The first-order chi connectivity index (χ1) is 6.36. The fraction of sp³-hybridized carbons (Fsp3) is 0.455. The predicted molar refractivity (Wildman–Crippen MR) is 54.1 cm³/mol. The van der Waals surface area contributed by atoms with E-state index in [4.69, 9.17) is 5.73 Å². The highest BCUT2D eigenvalue weighted by Gasteiger charge is 2.19. The summed E-state index contributed by atoms with van der Waals surface area (Å²) in [7, 11) is 0. The van der Waals surface area contributed by atoms with Crippen LogP contribution in [0.1, 0.15) is 18.4 Å². The lowest BCUT2D eigenvalue weighted by Gasteiger charge is -2.20. The second-order valence-corrected chi connectivity index (χ2v) is 3.67. The SMILES string of the molecule is NC1CCCN1Cc1ccccc1. The molecule has 2 rings (SSSR count). The first-order valence-corrected chi connectivity index (χ1v) is 4.90. The largest absolute Gasteiger partial charge is 0.316 e. The highest BCUT2D eigenvalue weighted by Crippen LogP contribution is 2.15. The molecule has 1 unspecified atom stereocenters. The maximum Gasteiger partial charge on any atom is 0.0575 e. The van der Waals surface area contributed by atoms with Crippen LogP contribution in [0.5, 0.6) is 0 Å². The van der Waals surface area contributed by atoms with Crippen molar-refractivity contribution >= 4 is 0 Å². The van der Waals surface area contributed by atoms with Crippen LogP contribution < -0.4 is 5.73 Å². The van der Waals surface area contributed by atoms with Gasteiger partial charge in [0.1, 0.15) is 0 Å². The van der Waals surface area contributed by atoms with Crippen molar-refractivity contribution in [3.63, 3.8) is 0 Å². The van der Waals surface area contributed by atoms with Crippen molar-refractivity contribution in [2.24, 2.45) is 5.73 Å². The molecule has 2 nitrogen and oxygen atoms in total. The minimum absolute atomic E-state index is 0.278. The molecule has 1 heterocycles. The lowest BCUT2D eigenvalue weighted by atomic mass is 10.2. The lowest BCUT2D eigenvalue weighted by Crippen LogP contribution is -2.35. The first-order valence-electron chi connectivity index (χ1n) is 4.90. The van der Waals surface area contributed by atoms with Crippen LogP contribution in [0.3, 0.4) is 0 Å². The summed E-state index contributed by atoms with van der Waals surface area (Å²) in [6, 6.07) is 10.5. The molecule has 13 heavy (non-hydrogen) atoms. The van der Waals surface area contributed by atoms with Crippen LogP contribution in [-0.2, 0) is 6.54 Å². The summed E-state index contributed by atoms with van der Waals surface area (Å²) in [6.45, 7) is 2.15. The summed E-state index contributed by atoms with van der Waals surface area (Å²) in [5.74, 6) is 0. The van der Waals surface area contributed by atoms with Gasteiger partial charge >= 0.3 is 0 Å². The van der Waals surface area contributed by atoms with Crippen LogP contribution >= 0.6 is 0 Å². The fourth-order valence-electron chi connectivity index (χ4n) is 1.87. The van der Waals surface area contributed by atoms with E-state index in [0.717, 1.165) is 19.5 Å². The number of likely N-dealkylation sites (tertiary alicyclic amines) is 1. The molecule has 2 heteroatoms. The third kappa shape index (κ3) is 2.08. The molecule has 0 amide bonds. The van der Waals surface area contributed by atoms with E-state index in [1.165, 1.54) is 12.0 Å². The predicted octanol–water partition coefficient (Wildman–Crippen LogP) is 1.57. The van der Waals surface area contributed by atoms with E-state index in [-0.39, 0.29) is 6.17 Å². The van der Waals surface area contributed by atoms with Crippen molar-refractivity contribution in [3.8, 4) is 0 Å². The van der Waals surface area contributed by atoms with Gasteiger partial charge in [0.05, 0.1) is 6.17 Å². The third-order valence-corrected chi connectivity index (χ3v) is 2.64. The monoisotopic (exact) mass is 176 g/mol. The average molecular weight is 176 g/mol. The van der Waals surface area contributed by atoms with Gasteiger partial charge in [-0.2, -0.15) is 0 Å². The van der Waals surface area contributed by atoms with Crippen LogP contribution in [0, 0.1) is 0 Å². The molecule has 1 saturated heterocycles. The van der Waals surface area contributed by atoms with E-state index in [1.54, 1.807) is 0 Å². The Hall–Kier alpha value is -0.860. The molecule has 0 aliphatic carbocycles. The summed E-state index contributed by atoms with van der Waals surface area (Å²) in [5, 5.41) is 0. The molecule has 2 N–H and O–H groups in total. The number of rotatable bonds is 2. The molecular formula is C11H16N2. The van der Waals surface area contributed by atoms with Gasteiger partial charge in [-0.05, 0) is 18.4 Å². The Balaban J connectivity index is 1.98. The van der Waals surface area contributed by atoms with E-state index < -0.39 is 0 Å². The number of nitrogens with two attached hydrogens (primary N) is 1. The molecular weight excluding hydrogens is 160 g/mol. The zero-order chi connectivity index (χ0) is 9.10. The van der Waals surface area contributed by atoms with Gasteiger partial charge in [-0.15, -0.1) is 0 Å². The molecule has 0 aromatic heterocycles. The summed E-state index contributed by atoms with van der Waals surface area (Å²) in [6.07, 6.45) is 2.67. The molecule has 70 valence electrons. The van der Waals surface area contributed by atoms with Gasteiger partial charge in [-0.3, -0.25) is 4.90 Å². The maximum atomic E-state index is 5.95. The Morgan fingerprint density at radius 1 is 1.31 bits per heavy atom. The second-order valence-electron chi connectivity index (χ2n) is 3.67. The molecule has 1 aromatic rings. The summed E-state index contributed by atoms with van der Waals surface area (Å²) >= 11 is 0. The molecule has 1 fully saturated rings. The van der Waals surface area contributed by atoms with Crippen LogP contribution in [0.4, 0.5) is 0 Å². The normalized spacial score (nSPS) is 23.6. The third-order valence-electron chi connectivity index (χ3n) is 2.64. The fourth-order valence-corrected chi connectivity index (χ4v) is 1.87. The summed E-state index contributed by atoms with van der Waals surface area (Å²) < 4.78 is 0. The van der Waals surface area contributed by atoms with E-state index in [2.05, 4.69) is 29.2 Å². The van der Waals surface area contributed by atoms with E-state index in [1.807, 2.05) is 6.07 Å². The molecule has 1 aliphatic rings. The van der Waals surface area contributed by atoms with Crippen molar-refractivity contribution in [2.45, 2.75) is 25.6 Å². The Bertz CT molecular complexity index is 258. The van der Waals surface area contributed by atoms with Crippen LogP contribution in [0.25, 0.3) is 0 Å². The van der Waals surface area contributed by atoms with Crippen molar-refractivity contribution in [1.82, 2.24) is 4.90 Å². The summed E-state index contributed by atoms with van der Waals surface area (Å²) in [4.78, 5) is 2.34. The first kappa shape index (κ1) is 8.73. The Morgan fingerprint density at radius 3 is 2.69 bits per heavy atom. The number of hydrogen-bond acceptors (Lipinski definition) is 2. The van der Waals surface area contributed by atoms with Crippen molar-refractivity contribution in [1.29, 1.82) is 0 Å². The number of nitrogens with zero attached hydrogens (tertiary/aromatic N) is 1. The number of hydrogen-bond donors (Lipinski definition) is 1. The quantitative estimate of drug-likeness (QED) is 0.741. The van der Waals surface area contributed by atoms with Gasteiger partial charge < -0.3 is 5.73 Å². The van der Waals surface area contributed by atoms with Gasteiger partial charge in [0.25, 0.3) is 0 Å². The number of benzene rings is 1. The van der Waals surface area contributed by atoms with Crippen LogP contribution in [0.2, 0.25) is 0 Å².